The maximum atomic E-state index is 2.47. The molecular weight excluding hydrogens is 733 g/mol. The third-order valence-corrected chi connectivity index (χ3v) is 14.2. The molecule has 1 unspecified atom stereocenters. The molecule has 7 aromatic carbocycles. The van der Waals surface area contributed by atoms with E-state index in [0.717, 1.165) is 24.2 Å². The van der Waals surface area contributed by atoms with Crippen LogP contribution in [-0.4, -0.2) is 0 Å². The Morgan fingerprint density at radius 3 is 1.54 bits per heavy atom. The predicted octanol–water partition coefficient (Wildman–Crippen LogP) is 17.3. The standard InChI is InChI=1S/C56H56N2S/c1-3-5-17-40-56(4-2,44-28-34-49(35-29-44)57(46-20-11-7-12-21-46)47-22-13-8-14-23-47)45-30-36-50(37-31-45)58(48-32-26-43(27-33-48)42-18-9-6-10-19-42)51-38-39-55-53(41-51)52-24-15-16-25-54(52)59-55/h7-8,11-16,20-39,41-42H,3-6,9-10,17-19,40H2,1-2H3. The quantitative estimate of drug-likeness (QED) is 0.101. The summed E-state index contributed by atoms with van der Waals surface area (Å²) in [6, 6.07) is 65.9. The fourth-order valence-corrected chi connectivity index (χ4v) is 10.9. The molecule has 0 aliphatic heterocycles. The van der Waals surface area contributed by atoms with Gasteiger partial charge in [-0.15, -0.1) is 11.3 Å². The highest BCUT2D eigenvalue weighted by Gasteiger charge is 2.33. The molecule has 0 spiro atoms. The van der Waals surface area contributed by atoms with E-state index >= 15 is 0 Å². The molecule has 2 nitrogen and oxygen atoms in total. The average molecular weight is 789 g/mol. The summed E-state index contributed by atoms with van der Waals surface area (Å²) in [6.07, 6.45) is 12.5. The Bertz CT molecular complexity index is 2530. The van der Waals surface area contributed by atoms with Crippen LogP contribution in [0.3, 0.4) is 0 Å². The molecule has 296 valence electrons. The maximum absolute atomic E-state index is 2.47. The lowest BCUT2D eigenvalue weighted by molar-refractivity contribution is 0.431. The largest absolute Gasteiger partial charge is 0.311 e. The maximum Gasteiger partial charge on any atom is 0.0468 e. The van der Waals surface area contributed by atoms with Crippen molar-refractivity contribution < 1.29 is 0 Å². The second-order valence-electron chi connectivity index (χ2n) is 16.5. The van der Waals surface area contributed by atoms with Gasteiger partial charge in [0.1, 0.15) is 0 Å². The number of hydrogen-bond donors (Lipinski definition) is 0. The molecular formula is C56H56N2S. The van der Waals surface area contributed by atoms with E-state index in [1.54, 1.807) is 0 Å². The molecule has 0 bridgehead atoms. The van der Waals surface area contributed by atoms with Gasteiger partial charge < -0.3 is 9.80 Å². The molecule has 1 aromatic heterocycles. The summed E-state index contributed by atoms with van der Waals surface area (Å²) >= 11 is 1.88. The zero-order valence-corrected chi connectivity index (χ0v) is 35.5. The van der Waals surface area contributed by atoms with Crippen LogP contribution in [0.5, 0.6) is 0 Å². The van der Waals surface area contributed by atoms with Crippen molar-refractivity contribution in [3.8, 4) is 0 Å². The number of benzene rings is 7. The van der Waals surface area contributed by atoms with Gasteiger partial charge in [0.2, 0.25) is 0 Å². The molecule has 1 aliphatic carbocycles. The van der Waals surface area contributed by atoms with Gasteiger partial charge in [-0.05, 0) is 133 Å². The fraction of sp³-hybridized carbons (Fsp3) is 0.250. The SMILES string of the molecule is CCCCCC(CC)(c1ccc(N(c2ccccc2)c2ccccc2)cc1)c1ccc(N(c2ccc(C3CCCCC3)cc2)c2ccc3sc4ccccc4c3c2)cc1. The van der Waals surface area contributed by atoms with E-state index in [1.165, 1.54) is 111 Å². The molecule has 9 rings (SSSR count). The minimum atomic E-state index is -0.0997. The Kier molecular flexibility index (Phi) is 11.7. The lowest BCUT2D eigenvalue weighted by Gasteiger charge is -2.36. The van der Waals surface area contributed by atoms with E-state index in [2.05, 4.69) is 200 Å². The molecule has 8 aromatic rings. The summed E-state index contributed by atoms with van der Waals surface area (Å²) in [5.74, 6) is 0.683. The molecule has 1 fully saturated rings. The van der Waals surface area contributed by atoms with Crippen LogP contribution in [0.15, 0.2) is 176 Å². The minimum Gasteiger partial charge on any atom is -0.311 e. The molecule has 0 saturated heterocycles. The second-order valence-corrected chi connectivity index (χ2v) is 17.6. The van der Waals surface area contributed by atoms with E-state index < -0.39 is 0 Å². The highest BCUT2D eigenvalue weighted by molar-refractivity contribution is 7.25. The van der Waals surface area contributed by atoms with Crippen LogP contribution in [0.1, 0.15) is 101 Å². The van der Waals surface area contributed by atoms with Gasteiger partial charge in [-0.25, -0.2) is 0 Å². The second kappa shape index (κ2) is 17.7. The van der Waals surface area contributed by atoms with Crippen LogP contribution in [0, 0.1) is 0 Å². The summed E-state index contributed by atoms with van der Waals surface area (Å²) in [7, 11) is 0. The fourth-order valence-electron chi connectivity index (χ4n) is 9.81. The highest BCUT2D eigenvalue weighted by Crippen LogP contribution is 2.45. The van der Waals surface area contributed by atoms with Gasteiger partial charge in [-0.1, -0.05) is 143 Å². The number of anilines is 6. The molecule has 0 radical (unpaired) electrons. The van der Waals surface area contributed by atoms with Crippen molar-refractivity contribution in [3.05, 3.63) is 193 Å². The third-order valence-electron chi connectivity index (χ3n) is 13.0. The molecule has 1 saturated carbocycles. The summed E-state index contributed by atoms with van der Waals surface area (Å²) < 4.78 is 2.67. The molecule has 1 heterocycles. The van der Waals surface area contributed by atoms with Gasteiger partial charge in [0.15, 0.2) is 0 Å². The van der Waals surface area contributed by atoms with Crippen LogP contribution in [-0.2, 0) is 5.41 Å². The van der Waals surface area contributed by atoms with E-state index in [-0.39, 0.29) is 5.41 Å². The molecule has 1 atom stereocenters. The first kappa shape index (κ1) is 38.9. The van der Waals surface area contributed by atoms with Crippen molar-refractivity contribution in [1.29, 1.82) is 0 Å². The van der Waals surface area contributed by atoms with Crippen molar-refractivity contribution in [2.45, 2.75) is 89.4 Å². The number of nitrogens with zero attached hydrogens (tertiary/aromatic N) is 2. The Labute approximate surface area is 355 Å². The first-order valence-corrected chi connectivity index (χ1v) is 22.9. The zero-order chi connectivity index (χ0) is 40.0. The molecule has 1 aliphatic rings. The number of thiophene rings is 1. The smallest absolute Gasteiger partial charge is 0.0468 e. The van der Waals surface area contributed by atoms with Crippen LogP contribution in [0.2, 0.25) is 0 Å². The first-order chi connectivity index (χ1) is 29.1. The minimum absolute atomic E-state index is 0.0997. The monoisotopic (exact) mass is 788 g/mol. The first-order valence-electron chi connectivity index (χ1n) is 22.1. The van der Waals surface area contributed by atoms with Crippen molar-refractivity contribution in [1.82, 2.24) is 0 Å². The van der Waals surface area contributed by atoms with E-state index in [9.17, 15) is 0 Å². The van der Waals surface area contributed by atoms with Gasteiger partial charge >= 0.3 is 0 Å². The van der Waals surface area contributed by atoms with Gasteiger partial charge in [0.25, 0.3) is 0 Å². The van der Waals surface area contributed by atoms with Crippen molar-refractivity contribution in [2.75, 3.05) is 9.80 Å². The van der Waals surface area contributed by atoms with Crippen molar-refractivity contribution in [2.24, 2.45) is 0 Å². The van der Waals surface area contributed by atoms with E-state index in [1.807, 2.05) is 11.3 Å². The predicted molar refractivity (Wildman–Crippen MR) is 256 cm³/mol. The number of rotatable bonds is 14. The number of unbranched alkanes of at least 4 members (excludes halogenated alkanes) is 2. The summed E-state index contributed by atoms with van der Waals surface area (Å²) in [4.78, 5) is 4.83. The van der Waals surface area contributed by atoms with Gasteiger partial charge in [0, 0.05) is 59.7 Å². The third kappa shape index (κ3) is 7.94. The average Bonchev–Trinajstić information content (AvgIpc) is 3.68. The molecule has 0 N–H and O–H groups in total. The van der Waals surface area contributed by atoms with E-state index in [4.69, 9.17) is 0 Å². The van der Waals surface area contributed by atoms with E-state index in [0.29, 0.717) is 5.92 Å². The number of fused-ring (bicyclic) bond motifs is 3. The van der Waals surface area contributed by atoms with Crippen LogP contribution in [0.25, 0.3) is 20.2 Å². The number of para-hydroxylation sites is 2. The normalized spacial score (nSPS) is 14.3. The summed E-state index contributed by atoms with van der Waals surface area (Å²) in [5.41, 5.74) is 11.2. The van der Waals surface area contributed by atoms with Crippen molar-refractivity contribution >= 4 is 65.6 Å². The molecule has 0 amide bonds. The zero-order valence-electron chi connectivity index (χ0n) is 34.7. The Balaban J connectivity index is 1.10. The highest BCUT2D eigenvalue weighted by atomic mass is 32.1. The topological polar surface area (TPSA) is 6.48 Å². The Morgan fingerprint density at radius 2 is 0.966 bits per heavy atom. The summed E-state index contributed by atoms with van der Waals surface area (Å²) in [5, 5.41) is 2.66. The lowest BCUT2D eigenvalue weighted by Crippen LogP contribution is -2.27. The van der Waals surface area contributed by atoms with Crippen LogP contribution in [0.4, 0.5) is 34.1 Å². The van der Waals surface area contributed by atoms with Crippen LogP contribution >= 0.6 is 11.3 Å². The Morgan fingerprint density at radius 1 is 0.475 bits per heavy atom. The summed E-state index contributed by atoms with van der Waals surface area (Å²) in [6.45, 7) is 4.69. The van der Waals surface area contributed by atoms with Crippen LogP contribution < -0.4 is 9.80 Å². The Hall–Kier alpha value is -5.64. The van der Waals surface area contributed by atoms with Gasteiger partial charge in [-0.3, -0.25) is 0 Å². The molecule has 3 heteroatoms. The number of hydrogen-bond acceptors (Lipinski definition) is 3. The molecule has 59 heavy (non-hydrogen) atoms. The van der Waals surface area contributed by atoms with Crippen molar-refractivity contribution in [3.63, 3.8) is 0 Å². The van der Waals surface area contributed by atoms with Gasteiger partial charge in [-0.2, -0.15) is 0 Å². The lowest BCUT2D eigenvalue weighted by atomic mass is 9.69. The van der Waals surface area contributed by atoms with Gasteiger partial charge in [0.05, 0.1) is 0 Å².